The van der Waals surface area contributed by atoms with Crippen LogP contribution in [0.25, 0.3) is 0 Å². The van der Waals surface area contributed by atoms with Crippen LogP contribution in [0.1, 0.15) is 56.3 Å². The number of rotatable bonds is 7. The van der Waals surface area contributed by atoms with E-state index in [4.69, 9.17) is 23.7 Å². The fourth-order valence-electron chi connectivity index (χ4n) is 7.06. The van der Waals surface area contributed by atoms with E-state index >= 15 is 0 Å². The molecule has 0 aliphatic carbocycles. The van der Waals surface area contributed by atoms with Crippen LogP contribution in [0.4, 0.5) is 0 Å². The molecular weight excluding hydrogens is 724 g/mol. The van der Waals surface area contributed by atoms with E-state index in [9.17, 15) is 55.9 Å². The summed E-state index contributed by atoms with van der Waals surface area (Å²) in [4.78, 5) is 13.7. The first kappa shape index (κ1) is 36.3. The molecule has 2 aliphatic rings. The number of phenols is 9. The van der Waals surface area contributed by atoms with Crippen molar-refractivity contribution >= 4 is 5.97 Å². The molecule has 0 unspecified atom stereocenters. The predicted molar refractivity (Wildman–Crippen MR) is 188 cm³/mol. The summed E-state index contributed by atoms with van der Waals surface area (Å²) in [6, 6.07) is 12.8. The first-order chi connectivity index (χ1) is 26.2. The van der Waals surface area contributed by atoms with Crippen LogP contribution in [0.15, 0.2) is 66.7 Å². The lowest BCUT2D eigenvalue weighted by atomic mass is 9.77. The Labute approximate surface area is 311 Å². The predicted octanol–water partition coefficient (Wildman–Crippen LogP) is 4.58. The average molecular weight is 759 g/mol. The number of methoxy groups -OCH3 is 2. The molecule has 5 aromatic carbocycles. The maximum absolute atomic E-state index is 13.7. The number of aliphatic hydroxyl groups is 1. The van der Waals surface area contributed by atoms with Crippen LogP contribution in [0.3, 0.4) is 0 Å². The molecule has 16 nitrogen and oxygen atoms in total. The number of hydrogen-bond donors (Lipinski definition) is 10. The molecule has 286 valence electrons. The number of phenolic OH excluding ortho intramolecular Hbond substituents is 9. The quantitative estimate of drug-likeness (QED) is 0.0804. The van der Waals surface area contributed by atoms with E-state index < -0.39 is 88.0 Å². The Bertz CT molecular complexity index is 2340. The number of carbonyl (C=O) groups is 1. The van der Waals surface area contributed by atoms with Gasteiger partial charge in [-0.25, -0.2) is 4.79 Å². The van der Waals surface area contributed by atoms with Gasteiger partial charge in [0.05, 0.1) is 25.7 Å². The molecule has 0 fully saturated rings. The van der Waals surface area contributed by atoms with Gasteiger partial charge in [0.1, 0.15) is 46.7 Å². The highest BCUT2D eigenvalue weighted by Crippen LogP contribution is 2.57. The molecule has 0 saturated carbocycles. The molecule has 0 saturated heterocycles. The van der Waals surface area contributed by atoms with Crippen molar-refractivity contribution < 1.29 is 79.5 Å². The zero-order chi connectivity index (χ0) is 39.5. The molecule has 5 atom stereocenters. The number of fused-ring (bicyclic) bond motifs is 2. The first-order valence-corrected chi connectivity index (χ1v) is 16.5. The SMILES string of the molecule is COc1cc(C(=O)O[C@@H]2Cc3c(O)cc(O)c([C@H]4c5c(O)cc(O)cc5O[C@H](c5ccc(O)c(O)c5)[C@@H]4O)c3O[C@@H]2c2ccc(O)c(O)c2)cc(O)c1OC. The Morgan fingerprint density at radius 1 is 0.636 bits per heavy atom. The average Bonchev–Trinajstić information content (AvgIpc) is 3.14. The van der Waals surface area contributed by atoms with Crippen molar-refractivity contribution in [2.24, 2.45) is 0 Å². The van der Waals surface area contributed by atoms with E-state index in [1.54, 1.807) is 0 Å². The van der Waals surface area contributed by atoms with Crippen LogP contribution < -0.4 is 18.9 Å². The van der Waals surface area contributed by atoms with Gasteiger partial charge < -0.3 is 74.7 Å². The summed E-state index contributed by atoms with van der Waals surface area (Å²) >= 11 is 0. The summed E-state index contributed by atoms with van der Waals surface area (Å²) in [5.41, 5.74) is -0.146. The zero-order valence-electron chi connectivity index (χ0n) is 28.9. The van der Waals surface area contributed by atoms with E-state index in [-0.39, 0.29) is 62.8 Å². The number of aliphatic hydroxyl groups excluding tert-OH is 1. The van der Waals surface area contributed by atoms with Gasteiger partial charge in [-0.15, -0.1) is 0 Å². The molecule has 16 heteroatoms. The second kappa shape index (κ2) is 13.7. The third-order valence-electron chi connectivity index (χ3n) is 9.61. The van der Waals surface area contributed by atoms with Gasteiger partial charge in [-0.1, -0.05) is 12.1 Å². The number of carbonyl (C=O) groups excluding carboxylic acids is 1. The summed E-state index contributed by atoms with van der Waals surface area (Å²) < 4.78 is 28.8. The van der Waals surface area contributed by atoms with Gasteiger partial charge in [-0.3, -0.25) is 0 Å². The highest BCUT2D eigenvalue weighted by Gasteiger charge is 2.47. The molecule has 0 bridgehead atoms. The van der Waals surface area contributed by atoms with Gasteiger partial charge in [-0.2, -0.15) is 0 Å². The summed E-state index contributed by atoms with van der Waals surface area (Å²) in [7, 11) is 2.60. The third-order valence-corrected chi connectivity index (χ3v) is 9.61. The number of ether oxygens (including phenoxy) is 5. The first-order valence-electron chi connectivity index (χ1n) is 16.5. The van der Waals surface area contributed by atoms with Crippen molar-refractivity contribution in [3.63, 3.8) is 0 Å². The van der Waals surface area contributed by atoms with E-state index in [1.165, 1.54) is 32.4 Å². The molecule has 7 rings (SSSR count). The van der Waals surface area contributed by atoms with Crippen LogP contribution in [0.2, 0.25) is 0 Å². The van der Waals surface area contributed by atoms with Crippen LogP contribution in [0, 0.1) is 0 Å². The van der Waals surface area contributed by atoms with Gasteiger partial charge in [0.25, 0.3) is 0 Å². The van der Waals surface area contributed by atoms with E-state index in [0.29, 0.717) is 0 Å². The second-order valence-electron chi connectivity index (χ2n) is 12.9. The number of hydrogen-bond acceptors (Lipinski definition) is 16. The summed E-state index contributed by atoms with van der Waals surface area (Å²) in [5.74, 6) is -7.31. The van der Waals surface area contributed by atoms with Crippen LogP contribution in [-0.4, -0.2) is 83.5 Å². The number of esters is 1. The van der Waals surface area contributed by atoms with E-state index in [2.05, 4.69) is 0 Å². The molecule has 0 aromatic heterocycles. The topological polar surface area (TPSA) is 266 Å². The molecule has 0 spiro atoms. The zero-order valence-corrected chi connectivity index (χ0v) is 28.9. The summed E-state index contributed by atoms with van der Waals surface area (Å²) in [5, 5.41) is 108. The lowest BCUT2D eigenvalue weighted by molar-refractivity contribution is -0.0210. The van der Waals surface area contributed by atoms with E-state index in [0.717, 1.165) is 48.5 Å². The number of aromatic hydroxyl groups is 9. The molecule has 55 heavy (non-hydrogen) atoms. The van der Waals surface area contributed by atoms with Gasteiger partial charge in [0.2, 0.25) is 5.75 Å². The lowest BCUT2D eigenvalue weighted by Crippen LogP contribution is -2.38. The maximum Gasteiger partial charge on any atom is 0.338 e. The highest BCUT2D eigenvalue weighted by molar-refractivity contribution is 5.91. The minimum Gasteiger partial charge on any atom is -0.508 e. The van der Waals surface area contributed by atoms with Gasteiger partial charge in [-0.05, 0) is 42.0 Å². The van der Waals surface area contributed by atoms with Crippen molar-refractivity contribution in [3.05, 3.63) is 100 Å². The van der Waals surface area contributed by atoms with Gasteiger partial charge in [0, 0.05) is 46.9 Å². The van der Waals surface area contributed by atoms with Crippen molar-refractivity contribution in [2.75, 3.05) is 14.2 Å². The lowest BCUT2D eigenvalue weighted by Gasteiger charge is -2.40. The Hall–Kier alpha value is -7.07. The Kier molecular flexibility index (Phi) is 9.06. The fraction of sp³-hybridized carbons (Fsp3) is 0.205. The highest BCUT2D eigenvalue weighted by atomic mass is 16.6. The van der Waals surface area contributed by atoms with Crippen LogP contribution in [-0.2, 0) is 11.2 Å². The second-order valence-corrected chi connectivity index (χ2v) is 12.9. The summed E-state index contributed by atoms with van der Waals surface area (Å²) in [6.45, 7) is 0. The van der Waals surface area contributed by atoms with Crippen molar-refractivity contribution in [2.45, 2.75) is 36.8 Å². The minimum atomic E-state index is -1.69. The molecular formula is C39H34O16. The molecule has 2 aliphatic heterocycles. The molecule has 0 radical (unpaired) electrons. The fourth-order valence-corrected chi connectivity index (χ4v) is 7.06. The van der Waals surface area contributed by atoms with Gasteiger partial charge >= 0.3 is 5.97 Å². The van der Waals surface area contributed by atoms with Crippen molar-refractivity contribution in [1.82, 2.24) is 0 Å². The smallest absolute Gasteiger partial charge is 0.338 e. The van der Waals surface area contributed by atoms with E-state index in [1.807, 2.05) is 0 Å². The van der Waals surface area contributed by atoms with Gasteiger partial charge in [0.15, 0.2) is 46.7 Å². The molecule has 5 aromatic rings. The Morgan fingerprint density at radius 2 is 1.27 bits per heavy atom. The molecule has 2 heterocycles. The largest absolute Gasteiger partial charge is 0.508 e. The standard InChI is InChI=1S/C39H34O16/c1-51-29-10-17(9-27(48)38(29)52-2)39(50)54-30-13-19-22(43)14-26(47)32(37(19)55-35(30)15-3-5-20(41)23(44)7-15)33-31-25(46)11-18(40)12-28(31)53-36(34(33)49)16-4-6-21(42)24(45)8-16/h3-12,14,30,33-36,40-49H,13H2,1-2H3/t30-,33-,34-,35-,36-/m1/s1. The number of benzene rings is 5. The Morgan fingerprint density at radius 3 is 1.89 bits per heavy atom. The third kappa shape index (κ3) is 6.27. The minimum absolute atomic E-state index is 0.0163. The summed E-state index contributed by atoms with van der Waals surface area (Å²) in [6.07, 6.45) is -6.00. The molecule has 10 N–H and O–H groups in total. The van der Waals surface area contributed by atoms with Crippen molar-refractivity contribution in [3.8, 4) is 74.7 Å². The van der Waals surface area contributed by atoms with Crippen LogP contribution in [0.5, 0.6) is 74.7 Å². The van der Waals surface area contributed by atoms with Crippen molar-refractivity contribution in [1.29, 1.82) is 0 Å². The maximum atomic E-state index is 13.7. The monoisotopic (exact) mass is 758 g/mol. The normalized spacial score (nSPS) is 19.9. The Balaban J connectivity index is 1.38. The molecule has 0 amide bonds. The van der Waals surface area contributed by atoms with Crippen LogP contribution >= 0.6 is 0 Å².